The van der Waals surface area contributed by atoms with Gasteiger partial charge in [-0.05, 0) is 44.4 Å². The quantitative estimate of drug-likeness (QED) is 0.265. The lowest BCUT2D eigenvalue weighted by Crippen LogP contribution is -2.47. The Morgan fingerprint density at radius 3 is 2.68 bits per heavy atom. The van der Waals surface area contributed by atoms with Crippen molar-refractivity contribution in [2.45, 2.75) is 45.6 Å². The molecule has 0 unspecified atom stereocenters. The molecule has 1 aromatic carbocycles. The van der Waals surface area contributed by atoms with Gasteiger partial charge in [0, 0.05) is 44.7 Å². The summed E-state index contributed by atoms with van der Waals surface area (Å²) in [4.78, 5) is 7.19. The molecule has 1 aliphatic rings. The van der Waals surface area contributed by atoms with Crippen LogP contribution in [0.15, 0.2) is 41.5 Å². The van der Waals surface area contributed by atoms with Crippen LogP contribution >= 0.6 is 24.0 Å². The number of hydrogen-bond donors (Lipinski definition) is 2. The number of hydrogen-bond acceptors (Lipinski definition) is 3. The van der Waals surface area contributed by atoms with Crippen LogP contribution in [0.2, 0.25) is 0 Å². The van der Waals surface area contributed by atoms with E-state index in [1.165, 1.54) is 5.56 Å². The van der Waals surface area contributed by atoms with Crippen molar-refractivity contribution in [1.29, 1.82) is 0 Å². The first kappa shape index (κ1) is 22.5. The highest BCUT2D eigenvalue weighted by molar-refractivity contribution is 14.0. The number of aryl methyl sites for hydroxylation is 2. The number of aliphatic imine (C=N–C) groups is 1. The summed E-state index contributed by atoms with van der Waals surface area (Å²) in [6.45, 7) is 7.86. The van der Waals surface area contributed by atoms with E-state index >= 15 is 0 Å². The Hall–Kier alpha value is -1.77. The average molecular weight is 497 g/mol. The van der Waals surface area contributed by atoms with Gasteiger partial charge in [-0.3, -0.25) is 10.1 Å². The van der Waals surface area contributed by atoms with Crippen molar-refractivity contribution in [3.63, 3.8) is 0 Å². The summed E-state index contributed by atoms with van der Waals surface area (Å²) in [6, 6.07) is 10.1. The van der Waals surface area contributed by atoms with Crippen LogP contribution in [0.5, 0.6) is 5.75 Å². The van der Waals surface area contributed by atoms with Crippen LogP contribution in [0, 0.1) is 6.92 Å². The van der Waals surface area contributed by atoms with Gasteiger partial charge < -0.3 is 15.0 Å². The van der Waals surface area contributed by atoms with Gasteiger partial charge in [0.2, 0.25) is 0 Å². The zero-order valence-electron chi connectivity index (χ0n) is 16.9. The van der Waals surface area contributed by atoms with Crippen molar-refractivity contribution < 1.29 is 4.74 Å². The zero-order chi connectivity index (χ0) is 18.9. The molecule has 0 atom stereocenters. The van der Waals surface area contributed by atoms with Crippen molar-refractivity contribution in [1.82, 2.24) is 20.4 Å². The van der Waals surface area contributed by atoms with Gasteiger partial charge in [0.15, 0.2) is 5.96 Å². The molecule has 154 valence electrons. The summed E-state index contributed by atoms with van der Waals surface area (Å²) >= 11 is 0. The molecule has 28 heavy (non-hydrogen) atoms. The van der Waals surface area contributed by atoms with Gasteiger partial charge in [0.05, 0.1) is 6.20 Å². The lowest BCUT2D eigenvalue weighted by atomic mass is 10.1. The Kier molecular flexibility index (Phi) is 9.60. The molecule has 1 aliphatic heterocycles. The predicted molar refractivity (Wildman–Crippen MR) is 125 cm³/mol. The molecule has 1 aromatic heterocycles. The third kappa shape index (κ3) is 6.68. The molecular weight excluding hydrogens is 465 g/mol. The second-order valence-electron chi connectivity index (χ2n) is 6.98. The monoisotopic (exact) mass is 497 g/mol. The van der Waals surface area contributed by atoms with E-state index in [1.54, 1.807) is 0 Å². The number of piperidine rings is 1. The van der Waals surface area contributed by atoms with E-state index in [2.05, 4.69) is 34.3 Å². The SMILES string of the molecule is CCNC(=NCCCc1cn[nH]c1C)N1CCC(Oc2ccccc2)CC1.I. The Bertz CT molecular complexity index is 711. The third-order valence-corrected chi connectivity index (χ3v) is 4.92. The molecule has 3 rings (SSSR count). The summed E-state index contributed by atoms with van der Waals surface area (Å²) in [7, 11) is 0. The van der Waals surface area contributed by atoms with Gasteiger partial charge in [0.1, 0.15) is 11.9 Å². The average Bonchev–Trinajstić information content (AvgIpc) is 3.11. The maximum atomic E-state index is 6.10. The van der Waals surface area contributed by atoms with Gasteiger partial charge in [-0.25, -0.2) is 0 Å². The summed E-state index contributed by atoms with van der Waals surface area (Å²) in [5.74, 6) is 1.99. The molecule has 0 bridgehead atoms. The topological polar surface area (TPSA) is 65.5 Å². The molecule has 2 aromatic rings. The van der Waals surface area contributed by atoms with E-state index in [4.69, 9.17) is 9.73 Å². The van der Waals surface area contributed by atoms with Crippen LogP contribution < -0.4 is 10.1 Å². The first-order valence-electron chi connectivity index (χ1n) is 10.00. The minimum Gasteiger partial charge on any atom is -0.490 e. The lowest BCUT2D eigenvalue weighted by molar-refractivity contribution is 0.129. The first-order chi connectivity index (χ1) is 13.3. The highest BCUT2D eigenvalue weighted by Gasteiger charge is 2.22. The molecule has 2 N–H and O–H groups in total. The van der Waals surface area contributed by atoms with Crippen LogP contribution in [0.4, 0.5) is 0 Å². The highest BCUT2D eigenvalue weighted by Crippen LogP contribution is 2.18. The fourth-order valence-electron chi connectivity index (χ4n) is 3.38. The van der Waals surface area contributed by atoms with Crippen molar-refractivity contribution in [2.24, 2.45) is 4.99 Å². The maximum absolute atomic E-state index is 6.10. The molecule has 0 aliphatic carbocycles. The third-order valence-electron chi connectivity index (χ3n) is 4.92. The van der Waals surface area contributed by atoms with Crippen molar-refractivity contribution in [3.05, 3.63) is 47.8 Å². The van der Waals surface area contributed by atoms with Crippen LogP contribution in [0.3, 0.4) is 0 Å². The highest BCUT2D eigenvalue weighted by atomic mass is 127. The van der Waals surface area contributed by atoms with Gasteiger partial charge in [-0.15, -0.1) is 24.0 Å². The summed E-state index contributed by atoms with van der Waals surface area (Å²) in [5.41, 5.74) is 2.44. The number of H-pyrrole nitrogens is 1. The van der Waals surface area contributed by atoms with E-state index in [0.29, 0.717) is 0 Å². The Morgan fingerprint density at radius 2 is 2.04 bits per heavy atom. The van der Waals surface area contributed by atoms with Crippen LogP contribution in [0.25, 0.3) is 0 Å². The van der Waals surface area contributed by atoms with Gasteiger partial charge in [-0.1, -0.05) is 18.2 Å². The lowest BCUT2D eigenvalue weighted by Gasteiger charge is -2.34. The number of likely N-dealkylation sites (tertiary alicyclic amines) is 1. The molecule has 2 heterocycles. The van der Waals surface area contributed by atoms with Crippen LogP contribution in [0.1, 0.15) is 37.4 Å². The Balaban J connectivity index is 0.00000280. The second-order valence-corrected chi connectivity index (χ2v) is 6.98. The largest absolute Gasteiger partial charge is 0.490 e. The fourth-order valence-corrected chi connectivity index (χ4v) is 3.38. The number of para-hydroxylation sites is 1. The van der Waals surface area contributed by atoms with Gasteiger partial charge in [-0.2, -0.15) is 5.10 Å². The van der Waals surface area contributed by atoms with Gasteiger partial charge >= 0.3 is 0 Å². The van der Waals surface area contributed by atoms with E-state index in [0.717, 1.165) is 69.3 Å². The molecule has 0 amide bonds. The van der Waals surface area contributed by atoms with Crippen LogP contribution in [-0.4, -0.2) is 53.3 Å². The standard InChI is InChI=1S/C21H31N5O.HI/c1-3-22-21(23-13-7-8-18-16-24-25-17(18)2)26-14-11-20(12-15-26)27-19-9-5-4-6-10-19;/h4-6,9-10,16,20H,3,7-8,11-15H2,1-2H3,(H,22,23)(H,24,25);1H. The van der Waals surface area contributed by atoms with Crippen LogP contribution in [-0.2, 0) is 6.42 Å². The minimum atomic E-state index is 0. The molecule has 1 fully saturated rings. The van der Waals surface area contributed by atoms with Crippen molar-refractivity contribution >= 4 is 29.9 Å². The Morgan fingerprint density at radius 1 is 1.29 bits per heavy atom. The molecule has 7 heteroatoms. The van der Waals surface area contributed by atoms with E-state index in [9.17, 15) is 0 Å². The zero-order valence-corrected chi connectivity index (χ0v) is 19.2. The van der Waals surface area contributed by atoms with E-state index < -0.39 is 0 Å². The molecule has 0 radical (unpaired) electrons. The normalized spacial score (nSPS) is 15.2. The molecular formula is C21H32IN5O. The molecule has 1 saturated heterocycles. The van der Waals surface area contributed by atoms with E-state index in [1.807, 2.05) is 36.5 Å². The number of nitrogens with zero attached hydrogens (tertiary/aromatic N) is 3. The van der Waals surface area contributed by atoms with Gasteiger partial charge in [0.25, 0.3) is 0 Å². The maximum Gasteiger partial charge on any atom is 0.193 e. The summed E-state index contributed by atoms with van der Waals surface area (Å²) in [5, 5.41) is 10.5. The number of aromatic amines is 1. The first-order valence-corrected chi connectivity index (χ1v) is 10.00. The predicted octanol–water partition coefficient (Wildman–Crippen LogP) is 3.78. The number of aromatic nitrogens is 2. The van der Waals surface area contributed by atoms with Crippen molar-refractivity contribution in [3.8, 4) is 5.75 Å². The Labute approximate surface area is 185 Å². The number of benzene rings is 1. The number of rotatable bonds is 7. The minimum absolute atomic E-state index is 0. The second kappa shape index (κ2) is 11.9. The smallest absolute Gasteiger partial charge is 0.193 e. The fraction of sp³-hybridized carbons (Fsp3) is 0.524. The number of nitrogens with one attached hydrogen (secondary N) is 2. The summed E-state index contributed by atoms with van der Waals surface area (Å²) in [6.07, 6.45) is 6.29. The number of ether oxygens (including phenoxy) is 1. The molecule has 0 saturated carbocycles. The molecule has 0 spiro atoms. The van der Waals surface area contributed by atoms with Crippen molar-refractivity contribution in [2.75, 3.05) is 26.2 Å². The molecule has 6 nitrogen and oxygen atoms in total. The number of halogens is 1. The number of guanidine groups is 1. The summed E-state index contributed by atoms with van der Waals surface area (Å²) < 4.78 is 6.10. The van der Waals surface area contributed by atoms with E-state index in [-0.39, 0.29) is 30.1 Å².